The Morgan fingerprint density at radius 3 is 2.54 bits per heavy atom. The highest BCUT2D eigenvalue weighted by Gasteiger charge is 2.45. The zero-order chi connectivity index (χ0) is 38.1. The summed E-state index contributed by atoms with van der Waals surface area (Å²) < 4.78 is 35.7. The van der Waals surface area contributed by atoms with Crippen molar-refractivity contribution < 1.29 is 18.3 Å². The summed E-state index contributed by atoms with van der Waals surface area (Å²) in [6.45, 7) is 4.16. The number of urea groups is 1. The minimum Gasteiger partial charge on any atom is -0.481 e. The van der Waals surface area contributed by atoms with Gasteiger partial charge in [-0.2, -0.15) is 0 Å². The first-order valence-electron chi connectivity index (χ1n) is 17.7. The van der Waals surface area contributed by atoms with Gasteiger partial charge in [0.1, 0.15) is 11.2 Å². The van der Waals surface area contributed by atoms with Crippen LogP contribution in [0, 0.1) is 6.92 Å². The fourth-order valence-electron chi connectivity index (χ4n) is 8.27. The van der Waals surface area contributed by atoms with E-state index in [2.05, 4.69) is 36.9 Å². The molecule has 13 nitrogen and oxygen atoms in total. The highest BCUT2D eigenvalue weighted by molar-refractivity contribution is 6.36. The van der Waals surface area contributed by atoms with Crippen molar-refractivity contribution >= 4 is 40.2 Å². The number of carbonyl (C=O) groups excluding carboxylic acids is 1. The average Bonchev–Trinajstić information content (AvgIpc) is 3.77. The van der Waals surface area contributed by atoms with Gasteiger partial charge in [0.25, 0.3) is 12.0 Å². The second-order valence-corrected chi connectivity index (χ2v) is 14.6. The van der Waals surface area contributed by atoms with Crippen molar-refractivity contribution in [3.8, 4) is 28.3 Å². The quantitative estimate of drug-likeness (QED) is 0.195. The van der Waals surface area contributed by atoms with Gasteiger partial charge in [-0.25, -0.2) is 33.3 Å². The van der Waals surface area contributed by atoms with Gasteiger partial charge in [-0.1, -0.05) is 41.9 Å². The number of aryl methyl sites for hydroxylation is 2. The summed E-state index contributed by atoms with van der Waals surface area (Å²) >= 11 is 7.21. The molecule has 3 aromatic heterocycles. The number of ether oxygens (including phenoxy) is 1. The van der Waals surface area contributed by atoms with Gasteiger partial charge in [0.15, 0.2) is 11.5 Å². The number of benzene rings is 2. The lowest BCUT2D eigenvalue weighted by molar-refractivity contribution is 0.141. The van der Waals surface area contributed by atoms with E-state index in [0.29, 0.717) is 45.5 Å². The largest absolute Gasteiger partial charge is 0.481 e. The van der Waals surface area contributed by atoms with Crippen LogP contribution in [0.3, 0.4) is 0 Å². The number of nitrogens with one attached hydrogen (secondary N) is 3. The monoisotopic (exact) mass is 757 g/mol. The van der Waals surface area contributed by atoms with Crippen LogP contribution in [0.4, 0.5) is 25.1 Å². The predicted octanol–water partition coefficient (Wildman–Crippen LogP) is 5.54. The van der Waals surface area contributed by atoms with Gasteiger partial charge >= 0.3 is 11.7 Å². The summed E-state index contributed by atoms with van der Waals surface area (Å²) in [6.07, 6.45) is 0.487. The fraction of sp³-hybridized carbons (Fsp3) is 0.368. The maximum absolute atomic E-state index is 13.9. The number of nitrogens with zero attached hydrogens (tertiary/aromatic N) is 6. The highest BCUT2D eigenvalue weighted by Crippen LogP contribution is 2.46. The van der Waals surface area contributed by atoms with Crippen LogP contribution >= 0.6 is 11.6 Å². The minimum atomic E-state index is -3.05. The molecule has 54 heavy (non-hydrogen) atoms. The van der Waals surface area contributed by atoms with Crippen LogP contribution in [0.25, 0.3) is 33.4 Å². The van der Waals surface area contributed by atoms with E-state index < -0.39 is 23.5 Å². The van der Waals surface area contributed by atoms with Crippen molar-refractivity contribution in [1.82, 2.24) is 39.6 Å². The van der Waals surface area contributed by atoms with E-state index >= 15 is 0 Å². The lowest BCUT2D eigenvalue weighted by Gasteiger charge is -2.36. The third-order valence-electron chi connectivity index (χ3n) is 11.1. The molecule has 0 unspecified atom stereocenters. The molecule has 0 saturated carbocycles. The van der Waals surface area contributed by atoms with Crippen LogP contribution in [-0.4, -0.2) is 67.3 Å². The lowest BCUT2D eigenvalue weighted by Crippen LogP contribution is -2.59. The predicted molar refractivity (Wildman–Crippen MR) is 201 cm³/mol. The van der Waals surface area contributed by atoms with Gasteiger partial charge in [0.05, 0.1) is 23.4 Å². The number of pyridine rings is 1. The Morgan fingerprint density at radius 1 is 1.02 bits per heavy atom. The smallest absolute Gasteiger partial charge is 0.332 e. The van der Waals surface area contributed by atoms with Gasteiger partial charge in [-0.15, -0.1) is 0 Å². The lowest BCUT2D eigenvalue weighted by atomic mass is 9.93. The van der Waals surface area contributed by atoms with Gasteiger partial charge in [-0.3, -0.25) is 18.8 Å². The van der Waals surface area contributed by atoms with Crippen molar-refractivity contribution in [2.75, 3.05) is 32.1 Å². The molecule has 2 atom stereocenters. The van der Waals surface area contributed by atoms with Crippen LogP contribution in [0.2, 0.25) is 5.02 Å². The Hall–Kier alpha value is -5.41. The van der Waals surface area contributed by atoms with E-state index in [1.807, 2.05) is 31.2 Å². The van der Waals surface area contributed by atoms with E-state index in [9.17, 15) is 23.2 Å². The maximum atomic E-state index is 13.9. The Kier molecular flexibility index (Phi) is 8.88. The van der Waals surface area contributed by atoms with Crippen LogP contribution in [-0.2, 0) is 20.5 Å². The summed E-state index contributed by atoms with van der Waals surface area (Å²) in [5, 5.41) is 9.48. The molecule has 5 heterocycles. The van der Waals surface area contributed by atoms with E-state index in [-0.39, 0.29) is 34.5 Å². The van der Waals surface area contributed by atoms with Crippen molar-refractivity contribution in [3.63, 3.8) is 0 Å². The summed E-state index contributed by atoms with van der Waals surface area (Å²) in [5.41, 5.74) is 4.40. The van der Waals surface area contributed by atoms with Crippen molar-refractivity contribution in [2.45, 2.75) is 50.6 Å². The highest BCUT2D eigenvalue weighted by atomic mass is 35.5. The van der Waals surface area contributed by atoms with Gasteiger partial charge in [0.2, 0.25) is 5.88 Å². The van der Waals surface area contributed by atoms with Crippen molar-refractivity contribution in [3.05, 3.63) is 90.8 Å². The number of carbonyl (C=O) groups is 1. The molecule has 1 aliphatic carbocycles. The first-order chi connectivity index (χ1) is 25.9. The van der Waals surface area contributed by atoms with Gasteiger partial charge in [-0.05, 0) is 61.4 Å². The Bertz CT molecular complexity index is 2490. The Morgan fingerprint density at radius 2 is 1.78 bits per heavy atom. The zero-order valence-electron chi connectivity index (χ0n) is 30.1. The first kappa shape index (κ1) is 35.6. The summed E-state index contributed by atoms with van der Waals surface area (Å²) in [7, 11) is 4.29. The number of alkyl halides is 2. The molecule has 2 fully saturated rings. The standard InChI is InChI=1S/C38H38ClF2N9O4/c1-19-21(7-6-10-24(19)43-31-28-33(46-32(45-31)30(40)41)48(2)37(53)49(3)35(28)51)22-8-5-9-23(29(22)39)25-17-20-11-12-26(27(20)34(44-25)54-4)50-16-14-38(18-50)13-15-42-36(52)47-38/h5-10,17,26,30H,11-16,18H2,1-4H3,(H2,42,47,52)(H,43,45,46)/t26-,38+/m0/s1. The van der Waals surface area contributed by atoms with Crippen molar-refractivity contribution in [1.29, 1.82) is 0 Å². The van der Waals surface area contributed by atoms with E-state index in [0.717, 1.165) is 64.6 Å². The van der Waals surface area contributed by atoms with Crippen LogP contribution < -0.4 is 31.9 Å². The normalized spacial score (nSPS) is 19.7. The molecule has 280 valence electrons. The Labute approximate surface area is 313 Å². The van der Waals surface area contributed by atoms with E-state index in [4.69, 9.17) is 21.3 Å². The number of rotatable bonds is 7. The number of aromatic nitrogens is 5. The maximum Gasteiger partial charge on any atom is 0.332 e. The number of likely N-dealkylation sites (tertiary alicyclic amines) is 1. The molecule has 2 saturated heterocycles. The van der Waals surface area contributed by atoms with Gasteiger partial charge in [0, 0.05) is 62.1 Å². The summed E-state index contributed by atoms with van der Waals surface area (Å²) in [4.78, 5) is 53.3. The molecular formula is C38H38ClF2N9O4. The molecule has 0 bridgehead atoms. The molecule has 3 N–H and O–H groups in total. The first-order valence-corrected chi connectivity index (χ1v) is 18.1. The molecule has 8 rings (SSSR count). The van der Waals surface area contributed by atoms with Crippen molar-refractivity contribution in [2.24, 2.45) is 14.1 Å². The molecule has 1 spiro atoms. The molecule has 2 amide bonds. The molecular weight excluding hydrogens is 720 g/mol. The van der Waals surface area contributed by atoms with Crippen LogP contribution in [0.1, 0.15) is 54.2 Å². The molecule has 16 heteroatoms. The number of anilines is 2. The average molecular weight is 758 g/mol. The van der Waals surface area contributed by atoms with Crippen LogP contribution in [0.5, 0.6) is 5.88 Å². The summed E-state index contributed by atoms with van der Waals surface area (Å²) in [6, 6.07) is 13.2. The number of halogens is 3. The number of hydrogen-bond donors (Lipinski definition) is 3. The topological polar surface area (TPSA) is 148 Å². The van der Waals surface area contributed by atoms with Gasteiger partial charge < -0.3 is 20.7 Å². The van der Waals surface area contributed by atoms with E-state index in [1.165, 1.54) is 14.1 Å². The molecule has 2 aromatic carbocycles. The number of fused-ring (bicyclic) bond motifs is 2. The number of amides is 2. The zero-order valence-corrected chi connectivity index (χ0v) is 30.9. The van der Waals surface area contributed by atoms with Crippen LogP contribution in [0.15, 0.2) is 52.1 Å². The second kappa shape index (κ2) is 13.5. The third kappa shape index (κ3) is 5.86. The Balaban J connectivity index is 1.14. The fourth-order valence-corrected chi connectivity index (χ4v) is 8.60. The SMILES string of the molecule is COc1nc(-c2cccc(-c3cccc(Nc4nc(C(F)F)nc5c4c(=O)n(C)c(=O)n5C)c3C)c2Cl)cc2c1[C@@H](N1CC[C@]3(CCNC(=O)N3)C1)CC2. The summed E-state index contributed by atoms with van der Waals surface area (Å²) in [5.74, 6) is -0.419. The third-order valence-corrected chi connectivity index (χ3v) is 11.5. The molecule has 3 aliphatic rings. The number of hydrogen-bond acceptors (Lipinski definition) is 9. The number of methoxy groups -OCH3 is 1. The molecule has 0 radical (unpaired) electrons. The molecule has 2 aliphatic heterocycles. The second-order valence-electron chi connectivity index (χ2n) is 14.2. The van der Waals surface area contributed by atoms with E-state index in [1.54, 1.807) is 19.2 Å². The molecule has 5 aromatic rings. The minimum absolute atomic E-state index is 0.102.